The molecule has 0 fully saturated rings. The summed E-state index contributed by atoms with van der Waals surface area (Å²) in [5.74, 6) is 0.697. The van der Waals surface area contributed by atoms with Gasteiger partial charge in [-0.15, -0.1) is 0 Å². The van der Waals surface area contributed by atoms with E-state index in [1.54, 1.807) is 0 Å². The Labute approximate surface area is 111 Å². The smallest absolute Gasteiger partial charge is 0.0112 e. The zero-order valence-electron chi connectivity index (χ0n) is 12.4. The predicted molar refractivity (Wildman–Crippen MR) is 78.3 cm³/mol. The Bertz CT molecular complexity index is 200. The van der Waals surface area contributed by atoms with Gasteiger partial charge in [-0.2, -0.15) is 0 Å². The fourth-order valence-electron chi connectivity index (χ4n) is 1.72. The van der Waals surface area contributed by atoms with E-state index >= 15 is 0 Å². The molecule has 2 heteroatoms. The molecule has 2 atom stereocenters. The van der Waals surface area contributed by atoms with E-state index < -0.39 is 0 Å². The van der Waals surface area contributed by atoms with E-state index in [4.69, 9.17) is 0 Å². The van der Waals surface area contributed by atoms with Gasteiger partial charge in [0.25, 0.3) is 0 Å². The van der Waals surface area contributed by atoms with Gasteiger partial charge in [-0.25, -0.2) is 0 Å². The van der Waals surface area contributed by atoms with Crippen LogP contribution < -0.4 is 0 Å². The summed E-state index contributed by atoms with van der Waals surface area (Å²) in [5, 5.41) is 1.08. The maximum Gasteiger partial charge on any atom is 0.0112 e. The molecule has 0 aliphatic rings. The third-order valence-electron chi connectivity index (χ3n) is 3.83. The predicted octanol–water partition coefficient (Wildman–Crippen LogP) is 4.41. The van der Waals surface area contributed by atoms with Crippen molar-refractivity contribution >= 4 is 15.9 Å². The second-order valence-corrected chi connectivity index (χ2v) is 7.85. The van der Waals surface area contributed by atoms with E-state index in [1.165, 1.54) is 0 Å². The first kappa shape index (κ1) is 16.4. The average Bonchev–Trinajstić information content (AvgIpc) is 2.08. The van der Waals surface area contributed by atoms with Crippen LogP contribution in [0.3, 0.4) is 0 Å². The van der Waals surface area contributed by atoms with Crippen LogP contribution in [-0.4, -0.2) is 29.9 Å². The lowest BCUT2D eigenvalue weighted by Crippen LogP contribution is -2.44. The van der Waals surface area contributed by atoms with Gasteiger partial charge in [0, 0.05) is 17.9 Å². The molecule has 0 heterocycles. The molecule has 0 bridgehead atoms. The van der Waals surface area contributed by atoms with Crippen molar-refractivity contribution in [2.75, 3.05) is 18.9 Å². The van der Waals surface area contributed by atoms with Crippen LogP contribution in [0.25, 0.3) is 0 Å². The number of halogens is 1. The lowest BCUT2D eigenvalue weighted by Gasteiger charge is -2.40. The Kier molecular flexibility index (Phi) is 6.02. The molecule has 0 aromatic rings. The summed E-state index contributed by atoms with van der Waals surface area (Å²) in [6, 6.07) is 0.608. The first-order chi connectivity index (χ1) is 7.00. The van der Waals surface area contributed by atoms with Crippen LogP contribution in [0, 0.1) is 16.7 Å². The second-order valence-electron chi connectivity index (χ2n) is 7.20. The molecular weight excluding hydrogens is 262 g/mol. The molecule has 16 heavy (non-hydrogen) atoms. The molecule has 98 valence electrons. The average molecular weight is 292 g/mol. The highest BCUT2D eigenvalue weighted by Gasteiger charge is 2.29. The van der Waals surface area contributed by atoms with E-state index in [2.05, 4.69) is 76.3 Å². The first-order valence-corrected chi connectivity index (χ1v) is 7.38. The Hall–Kier alpha value is 0.440. The normalized spacial score (nSPS) is 17.6. The minimum atomic E-state index is 0.351. The van der Waals surface area contributed by atoms with E-state index in [9.17, 15) is 0 Å². The second kappa shape index (κ2) is 5.86. The molecule has 2 unspecified atom stereocenters. The minimum absolute atomic E-state index is 0.351. The van der Waals surface area contributed by atoms with Crippen LogP contribution in [0.15, 0.2) is 0 Å². The lowest BCUT2D eigenvalue weighted by molar-refractivity contribution is 0.0986. The Morgan fingerprint density at radius 2 is 1.44 bits per heavy atom. The van der Waals surface area contributed by atoms with Crippen molar-refractivity contribution < 1.29 is 0 Å². The summed E-state index contributed by atoms with van der Waals surface area (Å²) in [7, 11) is 2.25. The summed E-state index contributed by atoms with van der Waals surface area (Å²) >= 11 is 3.65. The van der Waals surface area contributed by atoms with E-state index in [-0.39, 0.29) is 0 Å². The van der Waals surface area contributed by atoms with Gasteiger partial charge in [0.05, 0.1) is 0 Å². The van der Waals surface area contributed by atoms with Crippen molar-refractivity contribution in [2.45, 2.75) is 54.5 Å². The highest BCUT2D eigenvalue weighted by Crippen LogP contribution is 2.30. The summed E-state index contributed by atoms with van der Waals surface area (Å²) < 4.78 is 0. The maximum atomic E-state index is 3.65. The van der Waals surface area contributed by atoms with Crippen LogP contribution in [0.4, 0.5) is 0 Å². The van der Waals surface area contributed by atoms with Gasteiger partial charge in [-0.3, -0.25) is 0 Å². The number of alkyl halides is 1. The quantitative estimate of drug-likeness (QED) is 0.694. The van der Waals surface area contributed by atoms with Gasteiger partial charge >= 0.3 is 0 Å². The van der Waals surface area contributed by atoms with Crippen molar-refractivity contribution in [3.63, 3.8) is 0 Å². The molecule has 0 saturated heterocycles. The zero-order valence-corrected chi connectivity index (χ0v) is 14.0. The Balaban J connectivity index is 4.49. The monoisotopic (exact) mass is 291 g/mol. The SMILES string of the molecule is CC(N(C)CC(CBr)C(C)(C)C)C(C)(C)C. The van der Waals surface area contributed by atoms with Gasteiger partial charge in [0.1, 0.15) is 0 Å². The first-order valence-electron chi connectivity index (χ1n) is 6.26. The van der Waals surface area contributed by atoms with Gasteiger partial charge in [0.2, 0.25) is 0 Å². The molecule has 0 aliphatic heterocycles. The molecule has 0 aliphatic carbocycles. The maximum absolute atomic E-state index is 3.65. The van der Waals surface area contributed by atoms with E-state index in [0.717, 1.165) is 11.9 Å². The fraction of sp³-hybridized carbons (Fsp3) is 1.00. The van der Waals surface area contributed by atoms with Gasteiger partial charge < -0.3 is 4.90 Å². The summed E-state index contributed by atoms with van der Waals surface area (Å²) in [6.07, 6.45) is 0. The van der Waals surface area contributed by atoms with Gasteiger partial charge in [-0.1, -0.05) is 57.5 Å². The number of hydrogen-bond acceptors (Lipinski definition) is 1. The van der Waals surface area contributed by atoms with Gasteiger partial charge in [0.15, 0.2) is 0 Å². The molecular formula is C14H30BrN. The molecule has 0 spiro atoms. The molecule has 0 radical (unpaired) electrons. The van der Waals surface area contributed by atoms with Crippen molar-refractivity contribution in [1.29, 1.82) is 0 Å². The van der Waals surface area contributed by atoms with Crippen LogP contribution in [0.1, 0.15) is 48.5 Å². The molecule has 0 saturated carbocycles. The van der Waals surface area contributed by atoms with Crippen molar-refractivity contribution in [2.24, 2.45) is 16.7 Å². The number of nitrogens with zero attached hydrogens (tertiary/aromatic N) is 1. The van der Waals surface area contributed by atoms with Crippen LogP contribution in [0.2, 0.25) is 0 Å². The molecule has 0 aromatic heterocycles. The van der Waals surface area contributed by atoms with Crippen LogP contribution in [0.5, 0.6) is 0 Å². The van der Waals surface area contributed by atoms with E-state index in [1.807, 2.05) is 0 Å². The van der Waals surface area contributed by atoms with E-state index in [0.29, 0.717) is 22.8 Å². The lowest BCUT2D eigenvalue weighted by atomic mass is 9.80. The summed E-state index contributed by atoms with van der Waals surface area (Å²) in [5.41, 5.74) is 0.721. The third-order valence-corrected chi connectivity index (χ3v) is 4.62. The van der Waals surface area contributed by atoms with Crippen molar-refractivity contribution in [3.05, 3.63) is 0 Å². The number of rotatable bonds is 4. The third kappa shape index (κ3) is 5.18. The Morgan fingerprint density at radius 1 is 1.00 bits per heavy atom. The van der Waals surface area contributed by atoms with Gasteiger partial charge in [-0.05, 0) is 30.7 Å². The fourth-order valence-corrected chi connectivity index (χ4v) is 2.90. The Morgan fingerprint density at radius 3 is 1.69 bits per heavy atom. The summed E-state index contributed by atoms with van der Waals surface area (Å²) in [4.78, 5) is 2.50. The highest BCUT2D eigenvalue weighted by molar-refractivity contribution is 9.09. The van der Waals surface area contributed by atoms with Crippen molar-refractivity contribution in [3.8, 4) is 0 Å². The topological polar surface area (TPSA) is 3.24 Å². The summed E-state index contributed by atoms with van der Waals surface area (Å²) in [6.45, 7) is 17.4. The zero-order chi connectivity index (χ0) is 13.1. The molecule has 0 aromatic carbocycles. The standard InChI is InChI=1S/C14H30BrN/c1-11(13(2,3)4)16(8)10-12(9-15)14(5,6)7/h11-12H,9-10H2,1-8H3. The molecule has 0 amide bonds. The molecule has 1 nitrogen and oxygen atoms in total. The van der Waals surface area contributed by atoms with Crippen LogP contribution in [-0.2, 0) is 0 Å². The van der Waals surface area contributed by atoms with Crippen molar-refractivity contribution in [1.82, 2.24) is 4.90 Å². The molecule has 0 rings (SSSR count). The van der Waals surface area contributed by atoms with Crippen LogP contribution >= 0.6 is 15.9 Å². The minimum Gasteiger partial charge on any atom is -0.303 e. The molecule has 0 N–H and O–H groups in total. The largest absolute Gasteiger partial charge is 0.303 e. The number of hydrogen-bond donors (Lipinski definition) is 0. The highest BCUT2D eigenvalue weighted by atomic mass is 79.9.